The average Bonchev–Trinajstić information content (AvgIpc) is 2.30. The molecular weight excluding hydrogens is 256 g/mol. The fraction of sp³-hybridized carbons (Fsp3) is 0.273. The third-order valence-electron chi connectivity index (χ3n) is 2.10. The summed E-state index contributed by atoms with van der Waals surface area (Å²) in [6.07, 6.45) is -2.31. The van der Waals surface area contributed by atoms with Gasteiger partial charge in [0.2, 0.25) is 0 Å². The Hall–Kier alpha value is -1.70. The maximum absolute atomic E-state index is 9.61. The topological polar surface area (TPSA) is 130 Å². The Morgan fingerprint density at radius 2 is 1.72 bits per heavy atom. The number of carbonyl (C=O) groups is 1. The lowest BCUT2D eigenvalue weighted by Gasteiger charge is -2.19. The van der Waals surface area contributed by atoms with Crippen molar-refractivity contribution in [1.82, 2.24) is 0 Å². The van der Waals surface area contributed by atoms with Crippen LogP contribution in [0.4, 0.5) is 4.79 Å². The van der Waals surface area contributed by atoms with Gasteiger partial charge in [0.25, 0.3) is 0 Å². The highest BCUT2D eigenvalue weighted by atomic mass is 32.1. The van der Waals surface area contributed by atoms with E-state index in [9.17, 15) is 5.11 Å². The van der Waals surface area contributed by atoms with E-state index in [2.05, 4.69) is 18.0 Å². The quantitative estimate of drug-likeness (QED) is 0.492. The lowest BCUT2D eigenvalue weighted by molar-refractivity contribution is 0.156. The standard InChI is InChI=1S/C10H13NO2S.CH3NO2/c11-10(14)9(13)8(6-12)7-4-2-1-3-5-7;2-1(3)4/h1-5,8-9,12-13H,6H2,(H2,11,14);2H2,(H,3,4)/t8-,9?;/m1./s1. The van der Waals surface area contributed by atoms with Gasteiger partial charge in [0.15, 0.2) is 0 Å². The highest BCUT2D eigenvalue weighted by Gasteiger charge is 2.22. The number of rotatable bonds is 4. The molecule has 7 heteroatoms. The van der Waals surface area contributed by atoms with Crippen LogP contribution in [0.1, 0.15) is 11.5 Å². The van der Waals surface area contributed by atoms with E-state index in [1.165, 1.54) is 0 Å². The van der Waals surface area contributed by atoms with Crippen LogP contribution in [0.15, 0.2) is 30.3 Å². The Bertz CT molecular complexity index is 382. The molecule has 0 aliphatic rings. The van der Waals surface area contributed by atoms with Gasteiger partial charge >= 0.3 is 6.09 Å². The molecule has 0 saturated carbocycles. The summed E-state index contributed by atoms with van der Waals surface area (Å²) in [5.74, 6) is -0.436. The van der Waals surface area contributed by atoms with Gasteiger partial charge in [-0.25, -0.2) is 4.79 Å². The number of thiocarbonyl (C=S) groups is 1. The second kappa shape index (κ2) is 8.40. The molecule has 6 nitrogen and oxygen atoms in total. The summed E-state index contributed by atoms with van der Waals surface area (Å²) in [6, 6.07) is 9.18. The minimum Gasteiger partial charge on any atom is -0.465 e. The van der Waals surface area contributed by atoms with E-state index in [1.807, 2.05) is 30.3 Å². The van der Waals surface area contributed by atoms with Gasteiger partial charge in [-0.2, -0.15) is 0 Å². The zero-order valence-corrected chi connectivity index (χ0v) is 10.4. The number of benzene rings is 1. The van der Waals surface area contributed by atoms with Crippen molar-refractivity contribution in [3.63, 3.8) is 0 Å². The van der Waals surface area contributed by atoms with E-state index in [-0.39, 0.29) is 11.6 Å². The molecule has 0 saturated heterocycles. The predicted octanol–water partition coefficient (Wildman–Crippen LogP) is 0.0326. The number of hydrogen-bond donors (Lipinski definition) is 5. The van der Waals surface area contributed by atoms with Crippen molar-refractivity contribution in [2.75, 3.05) is 6.61 Å². The number of amides is 1. The lowest BCUT2D eigenvalue weighted by Crippen LogP contribution is -2.34. The van der Waals surface area contributed by atoms with E-state index < -0.39 is 18.1 Å². The minimum atomic E-state index is -1.33. The van der Waals surface area contributed by atoms with Crippen LogP contribution in [0.25, 0.3) is 0 Å². The minimum absolute atomic E-state index is 0.00732. The van der Waals surface area contributed by atoms with Crippen molar-refractivity contribution < 1.29 is 20.1 Å². The van der Waals surface area contributed by atoms with Gasteiger partial charge < -0.3 is 26.8 Å². The summed E-state index contributed by atoms with van der Waals surface area (Å²) in [4.78, 5) is 8.79. The molecule has 1 unspecified atom stereocenters. The smallest absolute Gasteiger partial charge is 0.402 e. The molecule has 0 fully saturated rings. The highest BCUT2D eigenvalue weighted by molar-refractivity contribution is 7.80. The molecule has 1 aromatic carbocycles. The van der Waals surface area contributed by atoms with Crippen LogP contribution in [0.2, 0.25) is 0 Å². The lowest BCUT2D eigenvalue weighted by atomic mass is 9.94. The summed E-state index contributed by atoms with van der Waals surface area (Å²) in [6.45, 7) is -0.178. The summed E-state index contributed by atoms with van der Waals surface area (Å²) < 4.78 is 0. The molecule has 1 aromatic rings. The van der Waals surface area contributed by atoms with Crippen molar-refractivity contribution >= 4 is 23.3 Å². The maximum atomic E-state index is 9.61. The summed E-state index contributed by atoms with van der Waals surface area (Å²) >= 11 is 4.68. The molecule has 2 atom stereocenters. The van der Waals surface area contributed by atoms with E-state index in [1.54, 1.807) is 0 Å². The first kappa shape index (κ1) is 16.3. The third-order valence-corrected chi connectivity index (χ3v) is 2.34. The first-order valence-corrected chi connectivity index (χ1v) is 5.42. The molecular formula is C11H16N2O4S. The van der Waals surface area contributed by atoms with E-state index in [0.717, 1.165) is 5.56 Å². The SMILES string of the molecule is NC(=O)O.NC(=S)C(O)[C@H](CO)c1ccccc1. The predicted molar refractivity (Wildman–Crippen MR) is 71.3 cm³/mol. The third kappa shape index (κ3) is 6.14. The Balaban J connectivity index is 0.000000631. The van der Waals surface area contributed by atoms with E-state index in [0.29, 0.717) is 0 Å². The number of hydrogen-bond acceptors (Lipinski definition) is 4. The van der Waals surface area contributed by atoms with Crippen molar-refractivity contribution in [3.05, 3.63) is 35.9 Å². The zero-order chi connectivity index (χ0) is 14.1. The van der Waals surface area contributed by atoms with Crippen LogP contribution in [0, 0.1) is 0 Å². The van der Waals surface area contributed by atoms with Crippen molar-refractivity contribution in [2.24, 2.45) is 11.5 Å². The molecule has 7 N–H and O–H groups in total. The molecule has 0 spiro atoms. The van der Waals surface area contributed by atoms with Crippen LogP contribution in [0.3, 0.4) is 0 Å². The first-order valence-electron chi connectivity index (χ1n) is 5.01. The summed E-state index contributed by atoms with van der Waals surface area (Å²) in [5.41, 5.74) is 10.2. The Labute approximate surface area is 110 Å². The number of aliphatic hydroxyl groups excluding tert-OH is 2. The highest BCUT2D eigenvalue weighted by Crippen LogP contribution is 2.19. The molecule has 0 radical (unpaired) electrons. The van der Waals surface area contributed by atoms with Crippen LogP contribution in [-0.2, 0) is 0 Å². The molecule has 100 valence electrons. The van der Waals surface area contributed by atoms with Crippen LogP contribution < -0.4 is 11.5 Å². The van der Waals surface area contributed by atoms with Crippen LogP contribution >= 0.6 is 12.2 Å². The van der Waals surface area contributed by atoms with Gasteiger partial charge in [0.05, 0.1) is 6.61 Å². The second-order valence-corrected chi connectivity index (χ2v) is 3.86. The molecule has 0 aromatic heterocycles. The molecule has 1 amide bonds. The largest absolute Gasteiger partial charge is 0.465 e. The van der Waals surface area contributed by atoms with Crippen molar-refractivity contribution in [3.8, 4) is 0 Å². The Morgan fingerprint density at radius 3 is 2.06 bits per heavy atom. The van der Waals surface area contributed by atoms with E-state index >= 15 is 0 Å². The maximum Gasteiger partial charge on any atom is 0.402 e. The zero-order valence-electron chi connectivity index (χ0n) is 9.56. The number of nitrogens with two attached hydrogens (primary N) is 2. The average molecular weight is 272 g/mol. The van der Waals surface area contributed by atoms with Gasteiger partial charge in [-0.15, -0.1) is 0 Å². The Morgan fingerprint density at radius 1 is 1.28 bits per heavy atom. The molecule has 0 aliphatic carbocycles. The molecule has 1 rings (SSSR count). The number of aliphatic hydroxyl groups is 2. The summed E-state index contributed by atoms with van der Waals surface area (Å²) in [5, 5.41) is 25.9. The fourth-order valence-corrected chi connectivity index (χ4v) is 1.45. The van der Waals surface area contributed by atoms with Crippen LogP contribution in [-0.4, -0.2) is 39.1 Å². The monoisotopic (exact) mass is 272 g/mol. The van der Waals surface area contributed by atoms with Gasteiger partial charge in [-0.1, -0.05) is 42.5 Å². The second-order valence-electron chi connectivity index (χ2n) is 3.39. The Kier molecular flexibility index (Phi) is 7.61. The molecule has 0 bridgehead atoms. The number of primary amides is 1. The first-order chi connectivity index (χ1) is 8.40. The van der Waals surface area contributed by atoms with Gasteiger partial charge in [0, 0.05) is 5.92 Å². The summed E-state index contributed by atoms with van der Waals surface area (Å²) in [7, 11) is 0. The van der Waals surface area contributed by atoms with Crippen molar-refractivity contribution in [1.29, 1.82) is 0 Å². The fourth-order valence-electron chi connectivity index (χ4n) is 1.29. The van der Waals surface area contributed by atoms with Gasteiger partial charge in [-0.05, 0) is 5.56 Å². The van der Waals surface area contributed by atoms with Gasteiger partial charge in [-0.3, -0.25) is 0 Å². The molecule has 0 aliphatic heterocycles. The van der Waals surface area contributed by atoms with Crippen molar-refractivity contribution in [2.45, 2.75) is 12.0 Å². The normalized spacial score (nSPS) is 12.8. The van der Waals surface area contributed by atoms with Gasteiger partial charge in [0.1, 0.15) is 11.1 Å². The van der Waals surface area contributed by atoms with E-state index in [4.69, 9.17) is 20.7 Å². The molecule has 0 heterocycles. The molecule has 18 heavy (non-hydrogen) atoms. The van der Waals surface area contributed by atoms with Crippen LogP contribution in [0.5, 0.6) is 0 Å². The number of carboxylic acid groups (broad SMARTS) is 1.